The first-order valence-electron chi connectivity index (χ1n) is 10.0. The fraction of sp³-hybridized carbons (Fsp3) is 0.0345. The van der Waals surface area contributed by atoms with Gasteiger partial charge in [0.15, 0.2) is 0 Å². The predicted molar refractivity (Wildman–Crippen MR) is 150 cm³/mol. The van der Waals surface area contributed by atoms with Gasteiger partial charge in [-0.1, -0.05) is 115 Å². The van der Waals surface area contributed by atoms with Crippen molar-refractivity contribution in [3.63, 3.8) is 0 Å². The number of rotatable bonds is 3. The molecule has 0 amide bonds. The van der Waals surface area contributed by atoms with E-state index in [4.69, 9.17) is 9.30 Å². The molecule has 4 aromatic carbocycles. The third-order valence-corrected chi connectivity index (χ3v) is 6.53. The van der Waals surface area contributed by atoms with E-state index in [-0.39, 0.29) is 14.5 Å². The summed E-state index contributed by atoms with van der Waals surface area (Å²) in [5.41, 5.74) is 1.08. The van der Waals surface area contributed by atoms with Crippen LogP contribution in [0.2, 0.25) is 0 Å². The molecular weight excluding hydrogens is 755 g/mol. The second-order valence-electron chi connectivity index (χ2n) is 6.14. The van der Waals surface area contributed by atoms with Gasteiger partial charge in [-0.05, 0) is 42.9 Å². The Hall–Kier alpha value is -2.00. The first-order chi connectivity index (χ1) is 17.3. The van der Waals surface area contributed by atoms with Crippen LogP contribution in [0.1, 0.15) is 12.5 Å². The molecule has 0 spiro atoms. The molecule has 0 aliphatic heterocycles. The number of hydrogen-bond donors (Lipinski definition) is 0. The van der Waals surface area contributed by atoms with E-state index >= 15 is 0 Å². The van der Waals surface area contributed by atoms with Crippen molar-refractivity contribution in [3.05, 3.63) is 140 Å². The molecule has 0 saturated carbocycles. The van der Waals surface area contributed by atoms with Gasteiger partial charge in [-0.25, -0.2) is 0 Å². The first-order valence-corrected chi connectivity index (χ1v) is 24.2. The quantitative estimate of drug-likeness (QED) is 0.0922. The first kappa shape index (κ1) is 33.0. The molecule has 2 nitrogen and oxygen atoms in total. The van der Waals surface area contributed by atoms with Crippen LogP contribution in [-0.2, 0) is 23.8 Å². The third-order valence-electron chi connectivity index (χ3n) is 4.09. The van der Waals surface area contributed by atoms with Gasteiger partial charge in [0, 0.05) is 5.56 Å². The number of hydrogen-bond acceptors (Lipinski definition) is 0. The molecule has 35 heavy (non-hydrogen) atoms. The Labute approximate surface area is 231 Å². The van der Waals surface area contributed by atoms with Crippen molar-refractivity contribution in [3.8, 4) is 11.8 Å². The van der Waals surface area contributed by atoms with Gasteiger partial charge < -0.3 is 0 Å². The van der Waals surface area contributed by atoms with Crippen molar-refractivity contribution in [1.29, 1.82) is 0 Å². The SMILES string of the molecule is CC#Cc1ccccc1.[Br][W][Br].[C-]#[O+].[C-]#[O+].c1ccc(P(c2ccccc2)c2ccccc2)cc1. The van der Waals surface area contributed by atoms with Crippen molar-refractivity contribution >= 4 is 50.4 Å². The molecule has 0 saturated heterocycles. The molecule has 4 rings (SSSR count). The predicted octanol–water partition coefficient (Wildman–Crippen LogP) is 7.12. The fourth-order valence-corrected chi connectivity index (χ4v) is 5.15. The molecule has 0 aromatic heterocycles. The molecule has 6 heteroatoms. The Kier molecular flexibility index (Phi) is 22.4. The normalized spacial score (nSPS) is 8.34. The Bertz CT molecular complexity index is 1030. The maximum absolute atomic E-state index is 7.50. The summed E-state index contributed by atoms with van der Waals surface area (Å²) in [6.45, 7) is 10.8. The fourth-order valence-electron chi connectivity index (χ4n) is 2.84. The summed E-state index contributed by atoms with van der Waals surface area (Å²) in [6.07, 6.45) is 0. The van der Waals surface area contributed by atoms with E-state index in [1.807, 2.05) is 37.3 Å². The van der Waals surface area contributed by atoms with E-state index in [1.54, 1.807) is 0 Å². The summed E-state index contributed by atoms with van der Waals surface area (Å²) in [5, 5.41) is 4.19. The van der Waals surface area contributed by atoms with E-state index in [0.717, 1.165) is 5.56 Å². The number of benzene rings is 4. The zero-order valence-electron chi connectivity index (χ0n) is 19.0. The maximum atomic E-state index is 7.50. The molecular formula is C29H23Br2O2PW. The minimum absolute atomic E-state index is 0.125. The number of halogens is 2. The van der Waals surface area contributed by atoms with E-state index < -0.39 is 7.92 Å². The average molecular weight is 778 g/mol. The van der Waals surface area contributed by atoms with Crippen LogP contribution < -0.4 is 15.9 Å². The molecule has 0 heterocycles. The van der Waals surface area contributed by atoms with Gasteiger partial charge >= 0.3 is 63.6 Å². The van der Waals surface area contributed by atoms with Gasteiger partial charge in [0.25, 0.3) is 0 Å². The summed E-state index contributed by atoms with van der Waals surface area (Å²) in [6, 6.07) is 42.3. The van der Waals surface area contributed by atoms with Gasteiger partial charge in [-0.3, -0.25) is 0 Å². The van der Waals surface area contributed by atoms with Crippen molar-refractivity contribution < 1.29 is 23.8 Å². The summed E-state index contributed by atoms with van der Waals surface area (Å²) in [4.78, 5) is 0. The summed E-state index contributed by atoms with van der Waals surface area (Å²) in [7, 11) is -0.446. The second-order valence-corrected chi connectivity index (χ2v) is 21.2. The second kappa shape index (κ2) is 23.7. The molecule has 0 fully saturated rings. The van der Waals surface area contributed by atoms with Gasteiger partial charge in [-0.15, -0.1) is 5.92 Å². The minimum Gasteiger partial charge on any atom is -0.0622 e. The molecule has 0 N–H and O–H groups in total. The zero-order valence-corrected chi connectivity index (χ0v) is 26.0. The van der Waals surface area contributed by atoms with Crippen LogP contribution in [0, 0.1) is 25.1 Å². The van der Waals surface area contributed by atoms with E-state index in [2.05, 4.69) is 143 Å². The van der Waals surface area contributed by atoms with Crippen LogP contribution in [0.25, 0.3) is 0 Å². The molecule has 176 valence electrons. The molecule has 4 aromatic rings. The summed E-state index contributed by atoms with van der Waals surface area (Å²) < 4.78 is 15.0. The monoisotopic (exact) mass is 776 g/mol. The molecule has 0 unspecified atom stereocenters. The van der Waals surface area contributed by atoms with Gasteiger partial charge in [0.1, 0.15) is 0 Å². The zero-order chi connectivity index (χ0) is 26.2. The average Bonchev–Trinajstić information content (AvgIpc) is 2.95. The van der Waals surface area contributed by atoms with E-state index in [1.165, 1.54) is 15.9 Å². The topological polar surface area (TPSA) is 39.8 Å². The largest absolute Gasteiger partial charge is 0.0622 e. The van der Waals surface area contributed by atoms with Crippen molar-refractivity contribution in [1.82, 2.24) is 0 Å². The van der Waals surface area contributed by atoms with Crippen molar-refractivity contribution in [2.24, 2.45) is 0 Å². The summed E-state index contributed by atoms with van der Waals surface area (Å²) in [5.74, 6) is 5.79. The van der Waals surface area contributed by atoms with Crippen molar-refractivity contribution in [2.45, 2.75) is 6.92 Å². The molecule has 0 aliphatic rings. The summed E-state index contributed by atoms with van der Waals surface area (Å²) >= 11 is 6.33. The Morgan fingerprint density at radius 3 is 1.09 bits per heavy atom. The van der Waals surface area contributed by atoms with Crippen molar-refractivity contribution in [2.75, 3.05) is 0 Å². The van der Waals surface area contributed by atoms with Crippen LogP contribution in [0.3, 0.4) is 0 Å². The Morgan fingerprint density at radius 2 is 0.829 bits per heavy atom. The smallest absolute Gasteiger partial charge is 0.0134 e. The minimum atomic E-state index is -0.446. The van der Waals surface area contributed by atoms with Crippen LogP contribution in [0.4, 0.5) is 0 Å². The molecule has 0 aliphatic carbocycles. The van der Waals surface area contributed by atoms with Crippen LogP contribution >= 0.6 is 34.5 Å². The van der Waals surface area contributed by atoms with Gasteiger partial charge in [0.2, 0.25) is 0 Å². The maximum Gasteiger partial charge on any atom is -0.0134 e. The van der Waals surface area contributed by atoms with E-state index in [9.17, 15) is 0 Å². The molecule has 0 bridgehead atoms. The van der Waals surface area contributed by atoms with E-state index in [0.29, 0.717) is 0 Å². The Balaban J connectivity index is 0.000000606. The Morgan fingerprint density at radius 1 is 0.571 bits per heavy atom. The third kappa shape index (κ3) is 14.2. The van der Waals surface area contributed by atoms with Crippen LogP contribution in [0.15, 0.2) is 121 Å². The van der Waals surface area contributed by atoms with Gasteiger partial charge in [-0.2, -0.15) is 0 Å². The molecule has 0 atom stereocenters. The van der Waals surface area contributed by atoms with Gasteiger partial charge in [0.05, 0.1) is 0 Å². The van der Waals surface area contributed by atoms with Crippen LogP contribution in [-0.4, -0.2) is 0 Å². The molecule has 0 radical (unpaired) electrons. The standard InChI is InChI=1S/C18H15P.C9H8.2CO.2BrH.W/c1-4-10-16(11-5-1)19(17-12-6-2-7-13-17)18-14-8-3-9-15-18;1-2-6-9-7-4-3-5-8-9;2*1-2;;;/h1-15H;3-5,7-8H,1H3;;;2*1H;/q;;;;;;+2/p-2. The van der Waals surface area contributed by atoms with Crippen LogP contribution in [0.5, 0.6) is 0 Å².